The average molecular weight is 248 g/mol. The van der Waals surface area contributed by atoms with E-state index in [9.17, 15) is 9.50 Å². The minimum Gasteiger partial charge on any atom is -0.387 e. The first-order valence-corrected chi connectivity index (χ1v) is 4.72. The number of halogens is 2. The number of benzene rings is 1. The molecule has 0 bridgehead atoms. The quantitative estimate of drug-likeness (QED) is 0.855. The molecule has 0 aliphatic rings. The first kappa shape index (κ1) is 10.6. The summed E-state index contributed by atoms with van der Waals surface area (Å²) >= 11 is 3.19. The average Bonchev–Trinajstić information content (AvgIpc) is 2.04. The van der Waals surface area contributed by atoms with Crippen LogP contribution < -0.4 is 5.32 Å². The van der Waals surface area contributed by atoms with E-state index in [-0.39, 0.29) is 0 Å². The first-order valence-electron chi connectivity index (χ1n) is 3.93. The van der Waals surface area contributed by atoms with Crippen LogP contribution in [0.15, 0.2) is 22.7 Å². The molecule has 0 fully saturated rings. The molecule has 0 amide bonds. The molecule has 2 N–H and O–H groups in total. The summed E-state index contributed by atoms with van der Waals surface area (Å²) < 4.78 is 13.8. The Balaban J connectivity index is 2.98. The maximum absolute atomic E-state index is 13.2. The number of rotatable bonds is 3. The Morgan fingerprint density at radius 2 is 2.31 bits per heavy atom. The summed E-state index contributed by atoms with van der Waals surface area (Å²) in [5.74, 6) is -0.392. The Morgan fingerprint density at radius 3 is 2.85 bits per heavy atom. The molecule has 0 aromatic heterocycles. The van der Waals surface area contributed by atoms with E-state index in [2.05, 4.69) is 21.2 Å². The van der Waals surface area contributed by atoms with Gasteiger partial charge in [0.05, 0.1) is 6.10 Å². The topological polar surface area (TPSA) is 32.3 Å². The van der Waals surface area contributed by atoms with Crippen LogP contribution in [0.5, 0.6) is 0 Å². The molecule has 0 heterocycles. The van der Waals surface area contributed by atoms with E-state index in [0.29, 0.717) is 16.6 Å². The Morgan fingerprint density at radius 1 is 1.62 bits per heavy atom. The lowest BCUT2D eigenvalue weighted by Crippen LogP contribution is -2.18. The summed E-state index contributed by atoms with van der Waals surface area (Å²) in [6.45, 7) is 0.333. The third kappa shape index (κ3) is 2.49. The molecule has 0 aliphatic carbocycles. The van der Waals surface area contributed by atoms with Crippen molar-refractivity contribution < 1.29 is 9.50 Å². The van der Waals surface area contributed by atoms with Crippen molar-refractivity contribution in [1.29, 1.82) is 0 Å². The van der Waals surface area contributed by atoms with Crippen LogP contribution in [0.2, 0.25) is 0 Å². The van der Waals surface area contributed by atoms with Gasteiger partial charge in [-0.15, -0.1) is 0 Å². The zero-order valence-electron chi connectivity index (χ0n) is 7.22. The van der Waals surface area contributed by atoms with Crippen molar-refractivity contribution in [2.75, 3.05) is 13.6 Å². The highest BCUT2D eigenvalue weighted by atomic mass is 79.9. The van der Waals surface area contributed by atoms with Crippen molar-refractivity contribution in [2.45, 2.75) is 6.10 Å². The van der Waals surface area contributed by atoms with Gasteiger partial charge < -0.3 is 10.4 Å². The molecular weight excluding hydrogens is 237 g/mol. The molecule has 2 nitrogen and oxygen atoms in total. The predicted molar refractivity (Wildman–Crippen MR) is 53.0 cm³/mol. The lowest BCUT2D eigenvalue weighted by molar-refractivity contribution is 0.172. The molecule has 4 heteroatoms. The fourth-order valence-corrected chi connectivity index (χ4v) is 1.73. The van der Waals surface area contributed by atoms with Gasteiger partial charge in [0.25, 0.3) is 0 Å². The minimum atomic E-state index is -0.819. The monoisotopic (exact) mass is 247 g/mol. The number of likely N-dealkylation sites (N-methyl/N-ethyl adjacent to an activating group) is 1. The number of nitrogens with one attached hydrogen (secondary N) is 1. The smallest absolute Gasteiger partial charge is 0.130 e. The molecule has 0 spiro atoms. The number of hydrogen-bond acceptors (Lipinski definition) is 2. The van der Waals surface area contributed by atoms with E-state index in [1.165, 1.54) is 6.07 Å². The van der Waals surface area contributed by atoms with Crippen molar-refractivity contribution in [3.05, 3.63) is 34.1 Å². The zero-order chi connectivity index (χ0) is 9.84. The molecule has 0 saturated carbocycles. The number of aliphatic hydroxyl groups is 1. The molecule has 13 heavy (non-hydrogen) atoms. The van der Waals surface area contributed by atoms with Crippen LogP contribution in [0.3, 0.4) is 0 Å². The summed E-state index contributed by atoms with van der Waals surface area (Å²) in [6.07, 6.45) is -0.819. The number of aliphatic hydroxyl groups excluding tert-OH is 1. The summed E-state index contributed by atoms with van der Waals surface area (Å²) in [4.78, 5) is 0. The molecule has 1 unspecified atom stereocenters. The van der Waals surface area contributed by atoms with Gasteiger partial charge in [0, 0.05) is 16.6 Å². The maximum atomic E-state index is 13.2. The molecule has 0 saturated heterocycles. The van der Waals surface area contributed by atoms with Crippen LogP contribution in [0, 0.1) is 5.82 Å². The van der Waals surface area contributed by atoms with Gasteiger partial charge in [0.2, 0.25) is 0 Å². The molecular formula is C9H11BrFNO. The van der Waals surface area contributed by atoms with Gasteiger partial charge in [0.15, 0.2) is 0 Å². The number of hydrogen-bond donors (Lipinski definition) is 2. The van der Waals surface area contributed by atoms with Crippen LogP contribution in [-0.2, 0) is 0 Å². The van der Waals surface area contributed by atoms with Crippen molar-refractivity contribution in [3.8, 4) is 0 Å². The fraction of sp³-hybridized carbons (Fsp3) is 0.333. The van der Waals surface area contributed by atoms with Crippen LogP contribution in [0.25, 0.3) is 0 Å². The largest absolute Gasteiger partial charge is 0.387 e. The Labute approximate surface area is 84.9 Å². The molecule has 1 aromatic carbocycles. The van der Waals surface area contributed by atoms with Crippen LogP contribution in [0.1, 0.15) is 11.7 Å². The molecule has 1 rings (SSSR count). The van der Waals surface area contributed by atoms with Crippen LogP contribution >= 0.6 is 15.9 Å². The third-order valence-electron chi connectivity index (χ3n) is 1.73. The summed E-state index contributed by atoms with van der Waals surface area (Å²) in [5, 5.41) is 12.3. The standard InChI is InChI=1S/C9H11BrFNO/c1-12-5-8(13)9-6(10)3-2-4-7(9)11/h2-4,8,12-13H,5H2,1H3. The van der Waals surface area contributed by atoms with E-state index < -0.39 is 11.9 Å². The molecule has 0 aliphatic heterocycles. The second-order valence-corrected chi connectivity index (χ2v) is 3.56. The highest BCUT2D eigenvalue weighted by Crippen LogP contribution is 2.25. The molecule has 72 valence electrons. The highest BCUT2D eigenvalue weighted by molar-refractivity contribution is 9.10. The maximum Gasteiger partial charge on any atom is 0.130 e. The SMILES string of the molecule is CNCC(O)c1c(F)cccc1Br. The van der Waals surface area contributed by atoms with Crippen molar-refractivity contribution in [3.63, 3.8) is 0 Å². The van der Waals surface area contributed by atoms with E-state index in [0.717, 1.165) is 0 Å². The van der Waals surface area contributed by atoms with Gasteiger partial charge in [-0.25, -0.2) is 4.39 Å². The van der Waals surface area contributed by atoms with Gasteiger partial charge in [-0.1, -0.05) is 22.0 Å². The van der Waals surface area contributed by atoms with E-state index in [4.69, 9.17) is 0 Å². The molecule has 1 aromatic rings. The molecule has 1 atom stereocenters. The van der Waals surface area contributed by atoms with Crippen molar-refractivity contribution >= 4 is 15.9 Å². The molecule has 0 radical (unpaired) electrons. The van der Waals surface area contributed by atoms with Crippen LogP contribution in [-0.4, -0.2) is 18.7 Å². The highest BCUT2D eigenvalue weighted by Gasteiger charge is 2.14. The Kier molecular flexibility index (Phi) is 3.84. The van der Waals surface area contributed by atoms with Gasteiger partial charge in [0.1, 0.15) is 5.82 Å². The van der Waals surface area contributed by atoms with Gasteiger partial charge in [-0.3, -0.25) is 0 Å². The van der Waals surface area contributed by atoms with Crippen molar-refractivity contribution in [1.82, 2.24) is 5.32 Å². The summed E-state index contributed by atoms with van der Waals surface area (Å²) in [6, 6.07) is 4.63. The normalized spacial score (nSPS) is 12.9. The zero-order valence-corrected chi connectivity index (χ0v) is 8.81. The van der Waals surface area contributed by atoms with Gasteiger partial charge in [-0.2, -0.15) is 0 Å². The summed E-state index contributed by atoms with van der Waals surface area (Å²) in [7, 11) is 1.71. The van der Waals surface area contributed by atoms with Crippen LogP contribution in [0.4, 0.5) is 4.39 Å². The minimum absolute atomic E-state index is 0.303. The van der Waals surface area contributed by atoms with E-state index >= 15 is 0 Å². The predicted octanol–water partition coefficient (Wildman–Crippen LogP) is 1.84. The first-order chi connectivity index (χ1) is 6.16. The van der Waals surface area contributed by atoms with E-state index in [1.807, 2.05) is 0 Å². The lowest BCUT2D eigenvalue weighted by Gasteiger charge is -2.12. The summed E-state index contributed by atoms with van der Waals surface area (Å²) in [5.41, 5.74) is 0.303. The second kappa shape index (κ2) is 4.69. The Hall–Kier alpha value is -0.450. The third-order valence-corrected chi connectivity index (χ3v) is 2.42. The fourth-order valence-electron chi connectivity index (χ4n) is 1.12. The van der Waals surface area contributed by atoms with Crippen molar-refractivity contribution in [2.24, 2.45) is 0 Å². The van der Waals surface area contributed by atoms with E-state index in [1.54, 1.807) is 19.2 Å². The van der Waals surface area contributed by atoms with Gasteiger partial charge >= 0.3 is 0 Å². The second-order valence-electron chi connectivity index (χ2n) is 2.71. The Bertz CT molecular complexity index is 273. The van der Waals surface area contributed by atoms with Gasteiger partial charge in [-0.05, 0) is 19.2 Å². The lowest BCUT2D eigenvalue weighted by atomic mass is 10.1.